The highest BCUT2D eigenvalue weighted by Crippen LogP contribution is 2.46. The Balaban J connectivity index is 0.000000192. The zero-order valence-corrected chi connectivity index (χ0v) is 34.6. The molecule has 63 heavy (non-hydrogen) atoms. The molecule has 15 heteroatoms. The van der Waals surface area contributed by atoms with Crippen LogP contribution in [-0.4, -0.2) is 36.5 Å². The van der Waals surface area contributed by atoms with Crippen LogP contribution in [0.25, 0.3) is 0 Å². The van der Waals surface area contributed by atoms with Gasteiger partial charge in [-0.25, -0.2) is 4.79 Å². The van der Waals surface area contributed by atoms with Crippen LogP contribution in [-0.2, 0) is 41.5 Å². The van der Waals surface area contributed by atoms with Crippen molar-refractivity contribution >= 4 is 12.0 Å². The Labute approximate surface area is 360 Å². The van der Waals surface area contributed by atoms with Crippen LogP contribution in [0.3, 0.4) is 0 Å². The molecule has 2 N–H and O–H groups in total. The maximum atomic E-state index is 12.7. The molecule has 3 aliphatic rings. The molecule has 0 spiro atoms. The fourth-order valence-electron chi connectivity index (χ4n) is 7.09. The third-order valence-electron chi connectivity index (χ3n) is 10.4. The second-order valence-corrected chi connectivity index (χ2v) is 16.5. The van der Waals surface area contributed by atoms with Crippen molar-refractivity contribution in [3.05, 3.63) is 154 Å². The standard InChI is InChI=1S/C26H22F3NO4.C22H24F3NO3/c27-26(28,29)18-8-5-16(6-9-18)14-32-22-4-2-1-3-19(22)20-13-21(20)30-25(31)12-17-7-10-23-24(11-17)34-15-33-23;1-21(2,3)29-20(27)26-18-12-17(18)16-6-4-5-7-19(16)28-13-14-8-10-15(11-9-14)22(23,24)25/h1-11,20-21H,12-15H2,(H,30,31);4-11,17-18H,12-13H2,1-3H3,(H,26,27). The van der Waals surface area contributed by atoms with Gasteiger partial charge in [0.2, 0.25) is 12.7 Å². The average Bonchev–Trinajstić information content (AvgIpc) is 4.12. The number of rotatable bonds is 12. The van der Waals surface area contributed by atoms with Crippen molar-refractivity contribution in [1.29, 1.82) is 0 Å². The van der Waals surface area contributed by atoms with Gasteiger partial charge in [0.15, 0.2) is 11.5 Å². The van der Waals surface area contributed by atoms with Gasteiger partial charge in [0.1, 0.15) is 30.3 Å². The largest absolute Gasteiger partial charge is 0.489 e. The number of hydrogen-bond acceptors (Lipinski definition) is 7. The molecule has 9 nitrogen and oxygen atoms in total. The quantitative estimate of drug-likeness (QED) is 0.120. The summed E-state index contributed by atoms with van der Waals surface area (Å²) in [5.41, 5.74) is 2.14. The Morgan fingerprint density at radius 3 is 1.56 bits per heavy atom. The lowest BCUT2D eigenvalue weighted by Gasteiger charge is -2.19. The average molecular weight is 877 g/mol. The zero-order valence-electron chi connectivity index (χ0n) is 34.6. The van der Waals surface area contributed by atoms with Gasteiger partial charge in [-0.3, -0.25) is 4.79 Å². The summed E-state index contributed by atoms with van der Waals surface area (Å²) in [5, 5.41) is 5.92. The fourth-order valence-corrected chi connectivity index (χ4v) is 7.09. The zero-order chi connectivity index (χ0) is 44.9. The maximum absolute atomic E-state index is 12.7. The molecule has 0 radical (unpaired) electrons. The van der Waals surface area contributed by atoms with Gasteiger partial charge in [-0.2, -0.15) is 26.3 Å². The second-order valence-electron chi connectivity index (χ2n) is 16.5. The van der Waals surface area contributed by atoms with E-state index in [1.807, 2.05) is 60.7 Å². The number of benzene rings is 5. The van der Waals surface area contributed by atoms with E-state index in [4.69, 9.17) is 23.7 Å². The van der Waals surface area contributed by atoms with Gasteiger partial charge in [-0.05, 0) is 110 Å². The molecule has 0 aromatic heterocycles. The smallest absolute Gasteiger partial charge is 0.416 e. The van der Waals surface area contributed by atoms with Crippen molar-refractivity contribution in [2.75, 3.05) is 6.79 Å². The van der Waals surface area contributed by atoms with Gasteiger partial charge < -0.3 is 34.3 Å². The van der Waals surface area contributed by atoms with E-state index in [1.54, 1.807) is 26.8 Å². The number of halogens is 6. The highest BCUT2D eigenvalue weighted by Gasteiger charge is 2.43. The number of para-hydroxylation sites is 2. The van der Waals surface area contributed by atoms with E-state index >= 15 is 0 Å². The van der Waals surface area contributed by atoms with E-state index in [2.05, 4.69) is 10.6 Å². The Morgan fingerprint density at radius 1 is 0.603 bits per heavy atom. The number of nitrogens with one attached hydrogen (secondary N) is 2. The van der Waals surface area contributed by atoms with E-state index < -0.39 is 35.2 Å². The number of fused-ring (bicyclic) bond motifs is 1. The molecule has 8 rings (SSSR count). The van der Waals surface area contributed by atoms with Crippen LogP contribution in [0.15, 0.2) is 115 Å². The summed E-state index contributed by atoms with van der Waals surface area (Å²) in [6.07, 6.45) is -7.35. The summed E-state index contributed by atoms with van der Waals surface area (Å²) in [6, 6.07) is 30.3. The number of carbonyl (C=O) groups is 2. The highest BCUT2D eigenvalue weighted by molar-refractivity contribution is 5.79. The molecule has 2 saturated carbocycles. The molecule has 5 aromatic rings. The molecule has 0 bridgehead atoms. The first kappa shape index (κ1) is 44.7. The topological polar surface area (TPSA) is 104 Å². The van der Waals surface area contributed by atoms with Crippen LogP contribution in [0.2, 0.25) is 0 Å². The van der Waals surface area contributed by atoms with Crippen molar-refractivity contribution in [3.63, 3.8) is 0 Å². The molecule has 0 saturated heterocycles. The second kappa shape index (κ2) is 18.5. The number of amides is 2. The molecular weight excluding hydrogens is 831 g/mol. The van der Waals surface area contributed by atoms with Crippen molar-refractivity contribution in [3.8, 4) is 23.0 Å². The normalized spacial score (nSPS) is 18.6. The fraction of sp³-hybridized carbons (Fsp3) is 0.333. The molecule has 5 aromatic carbocycles. The summed E-state index contributed by atoms with van der Waals surface area (Å²) < 4.78 is 104. The number of carbonyl (C=O) groups excluding carboxylic acids is 2. The molecule has 2 aliphatic carbocycles. The lowest BCUT2D eigenvalue weighted by atomic mass is 10.1. The van der Waals surface area contributed by atoms with Crippen molar-refractivity contribution in [2.45, 2.75) is 95.1 Å². The number of ether oxygens (including phenoxy) is 5. The summed E-state index contributed by atoms with van der Waals surface area (Å²) in [4.78, 5) is 24.5. The lowest BCUT2D eigenvalue weighted by molar-refractivity contribution is -0.138. The van der Waals surface area contributed by atoms with Gasteiger partial charge in [0, 0.05) is 23.9 Å². The van der Waals surface area contributed by atoms with Gasteiger partial charge >= 0.3 is 18.4 Å². The molecule has 2 amide bonds. The van der Waals surface area contributed by atoms with Gasteiger partial charge in [0.05, 0.1) is 17.5 Å². The van der Waals surface area contributed by atoms with Crippen LogP contribution < -0.4 is 29.6 Å². The van der Waals surface area contributed by atoms with E-state index in [0.717, 1.165) is 53.8 Å². The van der Waals surface area contributed by atoms with E-state index in [-0.39, 0.29) is 56.3 Å². The van der Waals surface area contributed by atoms with Crippen molar-refractivity contribution < 1.29 is 59.6 Å². The van der Waals surface area contributed by atoms with Gasteiger partial charge in [-0.15, -0.1) is 0 Å². The monoisotopic (exact) mass is 876 g/mol. The number of alkyl carbamates (subject to hydrolysis) is 1. The number of alkyl halides is 6. The van der Waals surface area contributed by atoms with E-state index in [0.29, 0.717) is 34.1 Å². The first-order valence-corrected chi connectivity index (χ1v) is 20.3. The van der Waals surface area contributed by atoms with Crippen molar-refractivity contribution in [1.82, 2.24) is 10.6 Å². The predicted molar refractivity (Wildman–Crippen MR) is 221 cm³/mol. The Hall–Kier alpha value is -6.38. The highest BCUT2D eigenvalue weighted by atomic mass is 19.4. The Kier molecular flexibility index (Phi) is 13.1. The number of hydrogen-bond donors (Lipinski definition) is 2. The molecular formula is C48H46F6N2O7. The Bertz CT molecular complexity index is 2380. The molecule has 1 aliphatic heterocycles. The summed E-state index contributed by atoms with van der Waals surface area (Å²) in [6.45, 7) is 5.92. The first-order chi connectivity index (χ1) is 29.9. The summed E-state index contributed by atoms with van der Waals surface area (Å²) in [5.74, 6) is 2.82. The minimum Gasteiger partial charge on any atom is -0.489 e. The summed E-state index contributed by atoms with van der Waals surface area (Å²) >= 11 is 0. The molecule has 2 fully saturated rings. The molecule has 4 unspecified atom stereocenters. The maximum Gasteiger partial charge on any atom is 0.416 e. The SMILES string of the molecule is CC(C)(C)OC(=O)NC1CC1c1ccccc1OCc1ccc(C(F)(F)F)cc1.O=C(Cc1ccc2c(c1)OCO2)NC1CC1c1ccccc1OCc1ccc(C(F)(F)F)cc1. The van der Waals surface area contributed by atoms with Crippen LogP contribution in [0.1, 0.15) is 84.4 Å². The van der Waals surface area contributed by atoms with Crippen molar-refractivity contribution in [2.24, 2.45) is 0 Å². The van der Waals surface area contributed by atoms with Crippen LogP contribution in [0.4, 0.5) is 31.1 Å². The Morgan fingerprint density at radius 2 is 1.06 bits per heavy atom. The van der Waals surface area contributed by atoms with E-state index in [9.17, 15) is 35.9 Å². The molecule has 1 heterocycles. The third-order valence-corrected chi connectivity index (χ3v) is 10.4. The lowest BCUT2D eigenvalue weighted by Crippen LogP contribution is -2.34. The third kappa shape index (κ3) is 12.4. The predicted octanol–water partition coefficient (Wildman–Crippen LogP) is 10.9. The van der Waals surface area contributed by atoms with Crippen LogP contribution in [0.5, 0.6) is 23.0 Å². The molecule has 4 atom stereocenters. The summed E-state index contributed by atoms with van der Waals surface area (Å²) in [7, 11) is 0. The first-order valence-electron chi connectivity index (χ1n) is 20.3. The van der Waals surface area contributed by atoms with E-state index in [1.165, 1.54) is 24.3 Å². The van der Waals surface area contributed by atoms with Crippen LogP contribution >= 0.6 is 0 Å². The minimum absolute atomic E-state index is 0.0114. The van der Waals surface area contributed by atoms with Gasteiger partial charge in [0.25, 0.3) is 0 Å². The van der Waals surface area contributed by atoms with Gasteiger partial charge in [-0.1, -0.05) is 66.7 Å². The molecule has 332 valence electrons. The minimum atomic E-state index is -4.36. The van der Waals surface area contributed by atoms with Crippen LogP contribution in [0, 0.1) is 0 Å².